The number of nitrogens with one attached hydrogen (secondary N) is 1. The third-order valence-electron chi connectivity index (χ3n) is 5.99. The van der Waals surface area contributed by atoms with Gasteiger partial charge in [0.2, 0.25) is 5.91 Å². The van der Waals surface area contributed by atoms with Crippen molar-refractivity contribution in [1.82, 2.24) is 15.3 Å². The summed E-state index contributed by atoms with van der Waals surface area (Å²) in [5, 5.41) is 3.06. The van der Waals surface area contributed by atoms with E-state index < -0.39 is 0 Å². The van der Waals surface area contributed by atoms with Crippen LogP contribution in [-0.4, -0.2) is 43.2 Å². The number of aryl methyl sites for hydroxylation is 1. The Bertz CT molecular complexity index is 1140. The average molecular weight is 463 g/mol. The first-order valence-corrected chi connectivity index (χ1v) is 11.4. The number of methoxy groups -OCH3 is 2. The SMILES string of the molecule is COc1ccc(CNC(=O)[C@@H]2CCCN(c3nccnc3Oc3ccccc3C)C2)c(OC)c1. The zero-order valence-corrected chi connectivity index (χ0v) is 19.8. The molecule has 1 aliphatic rings. The lowest BCUT2D eigenvalue weighted by molar-refractivity contribution is -0.125. The summed E-state index contributed by atoms with van der Waals surface area (Å²) in [5.74, 6) is 3.08. The van der Waals surface area contributed by atoms with Crippen LogP contribution in [0.4, 0.5) is 5.82 Å². The Hall–Kier alpha value is -3.81. The standard InChI is InChI=1S/C26H30N4O4/c1-18-7-4-5-9-22(18)34-26-24(27-12-13-28-26)30-14-6-8-20(17-30)25(31)29-16-19-10-11-21(32-2)15-23(19)33-3/h4-5,7,9-13,15,20H,6,8,14,16-17H2,1-3H3,(H,29,31)/t20-/m1/s1. The van der Waals surface area contributed by atoms with Crippen molar-refractivity contribution in [3.05, 3.63) is 66.0 Å². The molecule has 0 saturated carbocycles. The quantitative estimate of drug-likeness (QED) is 0.539. The number of hydrogen-bond acceptors (Lipinski definition) is 7. The van der Waals surface area contributed by atoms with E-state index in [0.717, 1.165) is 36.3 Å². The van der Waals surface area contributed by atoms with Gasteiger partial charge in [0.15, 0.2) is 5.82 Å². The maximum absolute atomic E-state index is 13.0. The molecule has 34 heavy (non-hydrogen) atoms. The molecule has 2 aromatic carbocycles. The van der Waals surface area contributed by atoms with Crippen LogP contribution in [0.15, 0.2) is 54.9 Å². The van der Waals surface area contributed by atoms with Crippen molar-refractivity contribution >= 4 is 11.7 Å². The maximum atomic E-state index is 13.0. The summed E-state index contributed by atoms with van der Waals surface area (Å²) >= 11 is 0. The number of hydrogen-bond donors (Lipinski definition) is 1. The van der Waals surface area contributed by atoms with E-state index in [1.54, 1.807) is 26.6 Å². The monoisotopic (exact) mass is 462 g/mol. The number of aromatic nitrogens is 2. The molecule has 8 nitrogen and oxygen atoms in total. The number of piperidine rings is 1. The third-order valence-corrected chi connectivity index (χ3v) is 5.99. The number of carbonyl (C=O) groups is 1. The first-order chi connectivity index (χ1) is 16.6. The fourth-order valence-electron chi connectivity index (χ4n) is 4.09. The molecule has 1 N–H and O–H groups in total. The van der Waals surface area contributed by atoms with Crippen LogP contribution in [0, 0.1) is 12.8 Å². The van der Waals surface area contributed by atoms with Crippen LogP contribution in [0.5, 0.6) is 23.1 Å². The molecule has 8 heteroatoms. The second kappa shape index (κ2) is 10.9. The van der Waals surface area contributed by atoms with Gasteiger partial charge in [-0.25, -0.2) is 9.97 Å². The molecular weight excluding hydrogens is 432 g/mol. The summed E-state index contributed by atoms with van der Waals surface area (Å²) in [6.45, 7) is 3.72. The molecule has 0 aliphatic carbocycles. The molecule has 1 aromatic heterocycles. The lowest BCUT2D eigenvalue weighted by Gasteiger charge is -2.33. The van der Waals surface area contributed by atoms with Crippen LogP contribution in [0.25, 0.3) is 0 Å². The Labute approximate surface area is 199 Å². The van der Waals surface area contributed by atoms with Crippen molar-refractivity contribution in [2.75, 3.05) is 32.2 Å². The average Bonchev–Trinajstić information content (AvgIpc) is 2.89. The first-order valence-electron chi connectivity index (χ1n) is 11.4. The normalized spacial score (nSPS) is 15.5. The molecule has 1 aliphatic heterocycles. The fourth-order valence-corrected chi connectivity index (χ4v) is 4.09. The summed E-state index contributed by atoms with van der Waals surface area (Å²) in [7, 11) is 3.22. The smallest absolute Gasteiger partial charge is 0.263 e. The molecule has 178 valence electrons. The fraction of sp³-hybridized carbons (Fsp3) is 0.346. The van der Waals surface area contributed by atoms with E-state index in [0.29, 0.717) is 36.3 Å². The van der Waals surface area contributed by atoms with Crippen molar-refractivity contribution in [2.45, 2.75) is 26.3 Å². The minimum atomic E-state index is -0.161. The summed E-state index contributed by atoms with van der Waals surface area (Å²) < 4.78 is 16.8. The van der Waals surface area contributed by atoms with E-state index >= 15 is 0 Å². The lowest BCUT2D eigenvalue weighted by Crippen LogP contribution is -2.43. The lowest BCUT2D eigenvalue weighted by atomic mass is 9.97. The van der Waals surface area contributed by atoms with Gasteiger partial charge in [0, 0.05) is 43.7 Å². The Morgan fingerprint density at radius 3 is 2.71 bits per heavy atom. The van der Waals surface area contributed by atoms with E-state index in [9.17, 15) is 4.79 Å². The van der Waals surface area contributed by atoms with Gasteiger partial charge in [0.25, 0.3) is 5.88 Å². The minimum Gasteiger partial charge on any atom is -0.497 e. The highest BCUT2D eigenvalue weighted by atomic mass is 16.5. The second-order valence-electron chi connectivity index (χ2n) is 8.23. The summed E-state index contributed by atoms with van der Waals surface area (Å²) in [4.78, 5) is 24.1. The van der Waals surface area contributed by atoms with Gasteiger partial charge in [-0.05, 0) is 43.5 Å². The van der Waals surface area contributed by atoms with Crippen molar-refractivity contribution in [3.63, 3.8) is 0 Å². The number of rotatable bonds is 8. The molecule has 1 saturated heterocycles. The molecule has 1 atom stereocenters. The van der Waals surface area contributed by atoms with E-state index in [4.69, 9.17) is 14.2 Å². The molecule has 3 aromatic rings. The number of benzene rings is 2. The molecule has 0 spiro atoms. The van der Waals surface area contributed by atoms with E-state index in [-0.39, 0.29) is 11.8 Å². The zero-order chi connectivity index (χ0) is 23.9. The topological polar surface area (TPSA) is 85.8 Å². The van der Waals surface area contributed by atoms with Gasteiger partial charge < -0.3 is 24.4 Å². The number of ether oxygens (including phenoxy) is 3. The maximum Gasteiger partial charge on any atom is 0.263 e. The van der Waals surface area contributed by atoms with Gasteiger partial charge in [-0.15, -0.1) is 0 Å². The minimum absolute atomic E-state index is 0.00725. The summed E-state index contributed by atoms with van der Waals surface area (Å²) in [6.07, 6.45) is 4.97. The Morgan fingerprint density at radius 2 is 1.91 bits per heavy atom. The van der Waals surface area contributed by atoms with E-state index in [1.807, 2.05) is 49.4 Å². The van der Waals surface area contributed by atoms with Gasteiger partial charge in [0.1, 0.15) is 17.2 Å². The highest BCUT2D eigenvalue weighted by Crippen LogP contribution is 2.32. The number of amides is 1. The number of para-hydroxylation sites is 1. The largest absolute Gasteiger partial charge is 0.497 e. The Morgan fingerprint density at radius 1 is 1.09 bits per heavy atom. The van der Waals surface area contributed by atoms with Gasteiger partial charge in [-0.3, -0.25) is 4.79 Å². The predicted octanol–water partition coefficient (Wildman–Crippen LogP) is 4.13. The van der Waals surface area contributed by atoms with Crippen molar-refractivity contribution in [2.24, 2.45) is 5.92 Å². The predicted molar refractivity (Wildman–Crippen MR) is 130 cm³/mol. The molecule has 0 radical (unpaired) electrons. The Balaban J connectivity index is 1.43. The molecule has 0 unspecified atom stereocenters. The Kier molecular flexibility index (Phi) is 7.47. The van der Waals surface area contributed by atoms with Crippen LogP contribution >= 0.6 is 0 Å². The van der Waals surface area contributed by atoms with Gasteiger partial charge in [-0.1, -0.05) is 18.2 Å². The molecule has 1 amide bonds. The molecule has 4 rings (SSSR count). The van der Waals surface area contributed by atoms with E-state index in [1.165, 1.54) is 0 Å². The van der Waals surface area contributed by atoms with Crippen LogP contribution in [0.1, 0.15) is 24.0 Å². The number of nitrogens with zero attached hydrogens (tertiary/aromatic N) is 3. The number of carbonyl (C=O) groups excluding carboxylic acids is 1. The molecular formula is C26H30N4O4. The first kappa shape index (κ1) is 23.4. The molecule has 0 bridgehead atoms. The van der Waals surface area contributed by atoms with Crippen molar-refractivity contribution in [1.29, 1.82) is 0 Å². The summed E-state index contributed by atoms with van der Waals surface area (Å²) in [5.41, 5.74) is 1.91. The zero-order valence-electron chi connectivity index (χ0n) is 19.8. The second-order valence-corrected chi connectivity index (χ2v) is 8.23. The third kappa shape index (κ3) is 5.39. The van der Waals surface area contributed by atoms with Gasteiger partial charge in [-0.2, -0.15) is 0 Å². The number of anilines is 1. The van der Waals surface area contributed by atoms with Crippen molar-refractivity contribution < 1.29 is 19.0 Å². The van der Waals surface area contributed by atoms with Crippen LogP contribution < -0.4 is 24.4 Å². The van der Waals surface area contributed by atoms with Crippen LogP contribution in [-0.2, 0) is 11.3 Å². The van der Waals surface area contributed by atoms with Crippen LogP contribution in [0.3, 0.4) is 0 Å². The van der Waals surface area contributed by atoms with Gasteiger partial charge >= 0.3 is 0 Å². The van der Waals surface area contributed by atoms with Crippen molar-refractivity contribution in [3.8, 4) is 23.1 Å². The summed E-state index contributed by atoms with van der Waals surface area (Å²) in [6, 6.07) is 13.4. The highest BCUT2D eigenvalue weighted by Gasteiger charge is 2.28. The highest BCUT2D eigenvalue weighted by molar-refractivity contribution is 5.79. The van der Waals surface area contributed by atoms with Crippen LogP contribution in [0.2, 0.25) is 0 Å². The van der Waals surface area contributed by atoms with E-state index in [2.05, 4.69) is 20.2 Å². The van der Waals surface area contributed by atoms with Gasteiger partial charge in [0.05, 0.1) is 20.1 Å². The molecule has 2 heterocycles. The molecule has 1 fully saturated rings.